The smallest absolute Gasteiger partial charge is 0.414 e. The third-order valence-corrected chi connectivity index (χ3v) is 2.34. The topological polar surface area (TPSA) is 35.5 Å². The monoisotopic (exact) mass is 276 g/mol. The van der Waals surface area contributed by atoms with Crippen LogP contribution in [-0.2, 0) is 20.7 Å². The zero-order valence-corrected chi connectivity index (χ0v) is 10.4. The molecule has 1 rings (SSSR count). The summed E-state index contributed by atoms with van der Waals surface area (Å²) in [6, 6.07) is 8.16. The molecule has 0 aromatic heterocycles. The molecule has 0 radical (unpaired) electrons. The number of rotatable bonds is 6. The van der Waals surface area contributed by atoms with E-state index in [1.807, 2.05) is 0 Å². The van der Waals surface area contributed by atoms with Crippen molar-refractivity contribution in [1.29, 1.82) is 0 Å². The van der Waals surface area contributed by atoms with E-state index in [2.05, 4.69) is 9.47 Å². The number of hydrogen-bond donors (Lipinski definition) is 0. The Kier molecular flexibility index (Phi) is 5.82. The Bertz CT molecular complexity index is 390. The van der Waals surface area contributed by atoms with Crippen LogP contribution in [0.4, 0.5) is 13.2 Å². The molecule has 0 bridgehead atoms. The largest absolute Gasteiger partial charge is 0.464 e. The van der Waals surface area contributed by atoms with Gasteiger partial charge in [-0.25, -0.2) is 4.79 Å². The van der Waals surface area contributed by atoms with Crippen molar-refractivity contribution in [3.8, 4) is 0 Å². The maximum Gasteiger partial charge on any atom is 0.414 e. The van der Waals surface area contributed by atoms with Gasteiger partial charge in [0.1, 0.15) is 6.61 Å². The van der Waals surface area contributed by atoms with Crippen molar-refractivity contribution in [1.82, 2.24) is 0 Å². The van der Waals surface area contributed by atoms with Crippen molar-refractivity contribution in [2.75, 3.05) is 13.2 Å². The first kappa shape index (κ1) is 15.5. The third-order valence-electron chi connectivity index (χ3n) is 2.34. The molecule has 0 saturated heterocycles. The number of benzene rings is 1. The average molecular weight is 276 g/mol. The van der Waals surface area contributed by atoms with E-state index in [4.69, 9.17) is 0 Å². The van der Waals surface area contributed by atoms with Crippen LogP contribution < -0.4 is 0 Å². The second-order valence-electron chi connectivity index (χ2n) is 3.84. The van der Waals surface area contributed by atoms with Gasteiger partial charge in [-0.1, -0.05) is 30.3 Å². The Morgan fingerprint density at radius 3 is 2.42 bits per heavy atom. The van der Waals surface area contributed by atoms with Crippen LogP contribution in [0.15, 0.2) is 30.3 Å². The molecule has 0 fully saturated rings. The van der Waals surface area contributed by atoms with Crippen LogP contribution in [0, 0.1) is 0 Å². The fourth-order valence-corrected chi connectivity index (χ4v) is 1.47. The van der Waals surface area contributed by atoms with Gasteiger partial charge in [0.2, 0.25) is 0 Å². The summed E-state index contributed by atoms with van der Waals surface area (Å²) in [4.78, 5) is 11.0. The Labute approximate surface area is 109 Å². The molecule has 0 unspecified atom stereocenters. The highest BCUT2D eigenvalue weighted by atomic mass is 19.4. The Morgan fingerprint density at radius 1 is 1.26 bits per heavy atom. The van der Waals surface area contributed by atoms with Gasteiger partial charge < -0.3 is 9.47 Å². The van der Waals surface area contributed by atoms with E-state index in [0.29, 0.717) is 5.56 Å². The lowest BCUT2D eigenvalue weighted by Gasteiger charge is -2.20. The molecule has 0 N–H and O–H groups in total. The maximum absolute atomic E-state index is 12.8. The fourth-order valence-electron chi connectivity index (χ4n) is 1.47. The number of hydrogen-bond acceptors (Lipinski definition) is 3. The Balaban J connectivity index is 2.61. The van der Waals surface area contributed by atoms with Gasteiger partial charge in [-0.2, -0.15) is 13.2 Å². The Morgan fingerprint density at radius 2 is 1.89 bits per heavy atom. The van der Waals surface area contributed by atoms with E-state index in [1.54, 1.807) is 37.3 Å². The van der Waals surface area contributed by atoms with Crippen molar-refractivity contribution < 1.29 is 27.4 Å². The van der Waals surface area contributed by atoms with Gasteiger partial charge in [-0.3, -0.25) is 0 Å². The van der Waals surface area contributed by atoms with Crippen molar-refractivity contribution >= 4 is 5.97 Å². The van der Waals surface area contributed by atoms with Crippen LogP contribution in [0.3, 0.4) is 0 Å². The molecule has 0 spiro atoms. The quantitative estimate of drug-likeness (QED) is 0.749. The van der Waals surface area contributed by atoms with Gasteiger partial charge in [0.15, 0.2) is 6.10 Å². The summed E-state index contributed by atoms with van der Waals surface area (Å²) in [6.45, 7) is 0.978. The summed E-state index contributed by atoms with van der Waals surface area (Å²) in [6.07, 6.45) is -6.87. The van der Waals surface area contributed by atoms with Gasteiger partial charge in [0, 0.05) is 6.42 Å². The maximum atomic E-state index is 12.8. The number of carbonyl (C=O) groups is 1. The first-order valence-corrected chi connectivity index (χ1v) is 5.81. The predicted octanol–water partition coefficient (Wildman–Crippen LogP) is 2.74. The highest BCUT2D eigenvalue weighted by Gasteiger charge is 2.41. The van der Waals surface area contributed by atoms with Crippen molar-refractivity contribution in [3.05, 3.63) is 35.9 Å². The number of ether oxygens (including phenoxy) is 2. The lowest BCUT2D eigenvalue weighted by atomic mass is 10.1. The van der Waals surface area contributed by atoms with Crippen molar-refractivity contribution in [2.24, 2.45) is 0 Å². The van der Waals surface area contributed by atoms with E-state index in [-0.39, 0.29) is 13.0 Å². The first-order chi connectivity index (χ1) is 8.93. The minimum atomic E-state index is -4.53. The molecule has 1 aromatic carbocycles. The Hall–Kier alpha value is -1.56. The molecule has 0 saturated carbocycles. The van der Waals surface area contributed by atoms with Crippen LogP contribution in [0.25, 0.3) is 0 Å². The number of carbonyl (C=O) groups excluding carboxylic acids is 1. The van der Waals surface area contributed by atoms with E-state index in [0.717, 1.165) is 0 Å². The highest BCUT2D eigenvalue weighted by molar-refractivity contribution is 5.70. The number of alkyl halides is 3. The average Bonchev–Trinajstić information content (AvgIpc) is 2.34. The summed E-state index contributed by atoms with van der Waals surface area (Å²) in [5.74, 6) is -0.801. The molecular formula is C13H15F3O3. The molecule has 3 nitrogen and oxygen atoms in total. The molecule has 1 aromatic rings. The van der Waals surface area contributed by atoms with E-state index in [9.17, 15) is 18.0 Å². The summed E-state index contributed by atoms with van der Waals surface area (Å²) in [5.41, 5.74) is 0.494. The fraction of sp³-hybridized carbons (Fsp3) is 0.462. The van der Waals surface area contributed by atoms with E-state index < -0.39 is 24.9 Å². The van der Waals surface area contributed by atoms with Gasteiger partial charge in [-0.15, -0.1) is 0 Å². The molecule has 19 heavy (non-hydrogen) atoms. The first-order valence-electron chi connectivity index (χ1n) is 5.81. The van der Waals surface area contributed by atoms with Gasteiger partial charge in [0.05, 0.1) is 6.61 Å². The van der Waals surface area contributed by atoms with Crippen LogP contribution in [-0.4, -0.2) is 31.5 Å². The van der Waals surface area contributed by atoms with Crippen LogP contribution in [0.1, 0.15) is 12.5 Å². The molecular weight excluding hydrogens is 261 g/mol. The SMILES string of the molecule is CCOC(=O)CO[C@H](Cc1ccccc1)C(F)(F)F. The van der Waals surface area contributed by atoms with E-state index >= 15 is 0 Å². The van der Waals surface area contributed by atoms with E-state index in [1.165, 1.54) is 0 Å². The van der Waals surface area contributed by atoms with Crippen LogP contribution in [0.5, 0.6) is 0 Å². The minimum absolute atomic E-state index is 0.109. The number of esters is 1. The predicted molar refractivity (Wildman–Crippen MR) is 62.6 cm³/mol. The molecule has 0 heterocycles. The van der Waals surface area contributed by atoms with Crippen molar-refractivity contribution in [3.63, 3.8) is 0 Å². The number of halogens is 3. The zero-order valence-electron chi connectivity index (χ0n) is 10.4. The molecule has 1 atom stereocenters. The molecule has 6 heteroatoms. The zero-order chi connectivity index (χ0) is 14.3. The lowest BCUT2D eigenvalue weighted by molar-refractivity contribution is -0.221. The normalized spacial score (nSPS) is 13.1. The van der Waals surface area contributed by atoms with Crippen LogP contribution >= 0.6 is 0 Å². The molecule has 0 amide bonds. The summed E-state index contributed by atoms with van der Waals surface area (Å²) in [7, 11) is 0. The third kappa shape index (κ3) is 5.74. The van der Waals surface area contributed by atoms with Gasteiger partial charge in [-0.05, 0) is 12.5 Å². The second-order valence-corrected chi connectivity index (χ2v) is 3.84. The van der Waals surface area contributed by atoms with Gasteiger partial charge >= 0.3 is 12.1 Å². The summed E-state index contributed by atoms with van der Waals surface area (Å²) >= 11 is 0. The van der Waals surface area contributed by atoms with Crippen LogP contribution in [0.2, 0.25) is 0 Å². The minimum Gasteiger partial charge on any atom is -0.464 e. The lowest BCUT2D eigenvalue weighted by Crippen LogP contribution is -2.35. The summed E-state index contributed by atoms with van der Waals surface area (Å²) in [5, 5.41) is 0. The molecule has 0 aliphatic rings. The highest BCUT2D eigenvalue weighted by Crippen LogP contribution is 2.25. The summed E-state index contributed by atoms with van der Waals surface area (Å²) < 4.78 is 47.4. The van der Waals surface area contributed by atoms with Crippen molar-refractivity contribution in [2.45, 2.75) is 25.6 Å². The second kappa shape index (κ2) is 7.13. The molecule has 0 aliphatic heterocycles. The van der Waals surface area contributed by atoms with Gasteiger partial charge in [0.25, 0.3) is 0 Å². The molecule has 106 valence electrons. The molecule has 0 aliphatic carbocycles. The standard InChI is InChI=1S/C13H15F3O3/c1-2-18-12(17)9-19-11(13(14,15)16)8-10-6-4-3-5-7-10/h3-7,11H,2,8-9H2,1H3/t11-/m1/s1.